The van der Waals surface area contributed by atoms with Crippen molar-refractivity contribution >= 4 is 5.97 Å². The predicted octanol–water partition coefficient (Wildman–Crippen LogP) is 6.28. The summed E-state index contributed by atoms with van der Waals surface area (Å²) in [4.78, 5) is 12.5. The minimum atomic E-state index is -0.838. The van der Waals surface area contributed by atoms with Crippen LogP contribution >= 0.6 is 0 Å². The zero-order valence-corrected chi connectivity index (χ0v) is 25.0. The van der Waals surface area contributed by atoms with Gasteiger partial charge >= 0.3 is 5.97 Å². The lowest BCUT2D eigenvalue weighted by Crippen LogP contribution is -2.68. The summed E-state index contributed by atoms with van der Waals surface area (Å²) in [5, 5.41) is 21.7. The molecular weight excluding hydrogens is 464 g/mol. The maximum Gasteiger partial charge on any atom is 0.302 e. The van der Waals surface area contributed by atoms with Crippen LogP contribution in [-0.2, 0) is 14.3 Å². The summed E-state index contributed by atoms with van der Waals surface area (Å²) >= 11 is 0. The van der Waals surface area contributed by atoms with Crippen molar-refractivity contribution in [3.05, 3.63) is 0 Å². The fourth-order valence-corrected chi connectivity index (χ4v) is 11.4. The predicted molar refractivity (Wildman–Crippen MR) is 145 cm³/mol. The van der Waals surface area contributed by atoms with Crippen LogP contribution in [0.1, 0.15) is 120 Å². The van der Waals surface area contributed by atoms with E-state index in [0.29, 0.717) is 17.8 Å². The summed E-state index contributed by atoms with van der Waals surface area (Å²) in [5.41, 5.74) is -1.00. The highest BCUT2D eigenvalue weighted by molar-refractivity contribution is 5.66. The first kappa shape index (κ1) is 27.9. The van der Waals surface area contributed by atoms with Crippen LogP contribution in [0.5, 0.6) is 0 Å². The summed E-state index contributed by atoms with van der Waals surface area (Å²) in [5.74, 6) is 1.36. The third-order valence-corrected chi connectivity index (χ3v) is 13.5. The van der Waals surface area contributed by atoms with Crippen molar-refractivity contribution in [2.45, 2.75) is 150 Å². The van der Waals surface area contributed by atoms with Crippen LogP contribution in [0.2, 0.25) is 0 Å². The molecular formula is C32H54O5. The van der Waals surface area contributed by atoms with Crippen molar-refractivity contribution in [2.24, 2.45) is 45.3 Å². The highest BCUT2D eigenvalue weighted by atomic mass is 16.5. The molecule has 1 heterocycles. The van der Waals surface area contributed by atoms with Gasteiger partial charge in [0.1, 0.15) is 6.10 Å². The Labute approximate surface area is 225 Å². The van der Waals surface area contributed by atoms with Gasteiger partial charge in [0.2, 0.25) is 0 Å². The van der Waals surface area contributed by atoms with Crippen molar-refractivity contribution in [3.63, 3.8) is 0 Å². The van der Waals surface area contributed by atoms with Crippen molar-refractivity contribution in [3.8, 4) is 0 Å². The standard InChI is InChI=1S/C32H54O5/c1-19(33)36-22-18-21-20(32(9)17-13-25(37-32)28(4,5)35)10-15-30(21,7)31(8)16-11-23-27(2,3)24(34)12-14-29(23,6)26(22)31/h20-26,34-35H,10-18H2,1-9H3/t20-,21?,22?,23?,24-,25-,26?,29-,30+,31+,32+/m0/s1. The first-order chi connectivity index (χ1) is 16.9. The second-order valence-electron chi connectivity index (χ2n) is 16.0. The number of carbonyl (C=O) groups excluding carboxylic acids is 1. The highest BCUT2D eigenvalue weighted by Gasteiger charge is 2.72. The Morgan fingerprint density at radius 2 is 1.54 bits per heavy atom. The number of carbonyl (C=O) groups is 1. The van der Waals surface area contributed by atoms with Crippen LogP contribution in [0.3, 0.4) is 0 Å². The Bertz CT molecular complexity index is 923. The molecule has 11 atom stereocenters. The van der Waals surface area contributed by atoms with Gasteiger partial charge in [0.15, 0.2) is 0 Å². The Balaban J connectivity index is 1.54. The lowest BCUT2D eigenvalue weighted by molar-refractivity contribution is -0.261. The molecule has 5 nitrogen and oxygen atoms in total. The van der Waals surface area contributed by atoms with Gasteiger partial charge in [-0.1, -0.05) is 34.6 Å². The van der Waals surface area contributed by atoms with E-state index in [2.05, 4.69) is 41.5 Å². The number of aliphatic hydroxyl groups is 2. The molecule has 0 bridgehead atoms. The molecule has 0 radical (unpaired) electrons. The lowest BCUT2D eigenvalue weighted by Gasteiger charge is -2.71. The van der Waals surface area contributed by atoms with Gasteiger partial charge in [-0.25, -0.2) is 0 Å². The van der Waals surface area contributed by atoms with Crippen LogP contribution in [0.4, 0.5) is 0 Å². The van der Waals surface area contributed by atoms with Crippen LogP contribution in [0.25, 0.3) is 0 Å². The number of aliphatic hydroxyl groups excluding tert-OH is 1. The minimum Gasteiger partial charge on any atom is -0.462 e. The summed E-state index contributed by atoms with van der Waals surface area (Å²) in [6.45, 7) is 19.7. The fraction of sp³-hybridized carbons (Fsp3) is 0.969. The number of hydrogen-bond donors (Lipinski definition) is 2. The van der Waals surface area contributed by atoms with Gasteiger partial charge < -0.3 is 19.7 Å². The molecule has 1 saturated heterocycles. The molecule has 5 rings (SSSR count). The number of ether oxygens (including phenoxy) is 2. The van der Waals surface area contributed by atoms with E-state index < -0.39 is 5.60 Å². The molecule has 0 aromatic heterocycles. The molecule has 4 aliphatic carbocycles. The van der Waals surface area contributed by atoms with E-state index in [1.165, 1.54) is 6.42 Å². The summed E-state index contributed by atoms with van der Waals surface area (Å²) in [6.07, 6.45) is 8.65. The van der Waals surface area contributed by atoms with E-state index in [-0.39, 0.29) is 57.5 Å². The first-order valence-electron chi connectivity index (χ1n) is 15.2. The maximum absolute atomic E-state index is 12.5. The van der Waals surface area contributed by atoms with Crippen LogP contribution in [-0.4, -0.2) is 45.7 Å². The molecule has 0 amide bonds. The molecule has 4 unspecified atom stereocenters. The van der Waals surface area contributed by atoms with Crippen molar-refractivity contribution in [1.29, 1.82) is 0 Å². The monoisotopic (exact) mass is 518 g/mol. The van der Waals surface area contributed by atoms with E-state index in [1.807, 2.05) is 13.8 Å². The van der Waals surface area contributed by atoms with E-state index in [4.69, 9.17) is 9.47 Å². The molecule has 5 heteroatoms. The molecule has 5 aliphatic rings. The van der Waals surface area contributed by atoms with Crippen LogP contribution < -0.4 is 0 Å². The lowest BCUT2D eigenvalue weighted by atomic mass is 9.35. The fourth-order valence-electron chi connectivity index (χ4n) is 11.4. The average Bonchev–Trinajstić information content (AvgIpc) is 3.33. The third kappa shape index (κ3) is 3.83. The molecule has 1 aliphatic heterocycles. The number of rotatable bonds is 3. The normalized spacial score (nSPS) is 53.2. The van der Waals surface area contributed by atoms with Gasteiger partial charge in [0.25, 0.3) is 0 Å². The molecule has 0 aromatic carbocycles. The topological polar surface area (TPSA) is 76.0 Å². The van der Waals surface area contributed by atoms with Gasteiger partial charge in [0, 0.05) is 12.8 Å². The molecule has 0 spiro atoms. The van der Waals surface area contributed by atoms with E-state index >= 15 is 0 Å². The second-order valence-corrected chi connectivity index (χ2v) is 16.0. The molecule has 2 N–H and O–H groups in total. The SMILES string of the molecule is CC(=O)OC1CC2[C@@H]([C@@]3(C)CC[C@@H](C(C)(C)O)O3)CC[C@@]2(C)[C@]2(C)CCC3C(C)(C)[C@@H](O)CC[C@]3(C)C12. The molecule has 37 heavy (non-hydrogen) atoms. The van der Waals surface area contributed by atoms with Crippen molar-refractivity contribution < 1.29 is 24.5 Å². The van der Waals surface area contributed by atoms with Crippen LogP contribution in [0.15, 0.2) is 0 Å². The van der Waals surface area contributed by atoms with Crippen molar-refractivity contribution in [2.75, 3.05) is 0 Å². The zero-order valence-electron chi connectivity index (χ0n) is 25.0. The largest absolute Gasteiger partial charge is 0.462 e. The second kappa shape index (κ2) is 8.43. The number of esters is 1. The summed E-state index contributed by atoms with van der Waals surface area (Å²) in [6, 6.07) is 0. The van der Waals surface area contributed by atoms with Gasteiger partial charge in [-0.15, -0.1) is 0 Å². The molecule has 4 saturated carbocycles. The molecule has 5 fully saturated rings. The summed E-state index contributed by atoms with van der Waals surface area (Å²) < 4.78 is 13.1. The highest BCUT2D eigenvalue weighted by Crippen LogP contribution is 2.76. The quantitative estimate of drug-likeness (QED) is 0.430. The summed E-state index contributed by atoms with van der Waals surface area (Å²) in [7, 11) is 0. The third-order valence-electron chi connectivity index (χ3n) is 13.5. The molecule has 0 aromatic rings. The Hall–Kier alpha value is -0.650. The average molecular weight is 519 g/mol. The molecule has 212 valence electrons. The smallest absolute Gasteiger partial charge is 0.302 e. The zero-order chi connectivity index (χ0) is 27.4. The Morgan fingerprint density at radius 3 is 2.14 bits per heavy atom. The number of hydrogen-bond acceptors (Lipinski definition) is 5. The number of fused-ring (bicyclic) bond motifs is 5. The first-order valence-corrected chi connectivity index (χ1v) is 15.2. The van der Waals surface area contributed by atoms with Gasteiger partial charge in [-0.3, -0.25) is 4.79 Å². The Kier molecular flexibility index (Phi) is 6.35. The van der Waals surface area contributed by atoms with Crippen LogP contribution in [0, 0.1) is 45.3 Å². The van der Waals surface area contributed by atoms with Crippen molar-refractivity contribution in [1.82, 2.24) is 0 Å². The van der Waals surface area contributed by atoms with E-state index in [9.17, 15) is 15.0 Å². The van der Waals surface area contributed by atoms with E-state index in [0.717, 1.165) is 51.4 Å². The Morgan fingerprint density at radius 1 is 0.892 bits per heavy atom. The van der Waals surface area contributed by atoms with E-state index in [1.54, 1.807) is 6.92 Å². The maximum atomic E-state index is 12.5. The van der Waals surface area contributed by atoms with Gasteiger partial charge in [-0.2, -0.15) is 0 Å². The minimum absolute atomic E-state index is 0.0294. The van der Waals surface area contributed by atoms with Gasteiger partial charge in [-0.05, 0) is 118 Å². The van der Waals surface area contributed by atoms with Gasteiger partial charge in [0.05, 0.1) is 23.4 Å².